The average Bonchev–Trinajstić information content (AvgIpc) is 2.24. The lowest BCUT2D eigenvalue weighted by Gasteiger charge is -2.34. The van der Waals surface area contributed by atoms with Gasteiger partial charge in [0.2, 0.25) is 0 Å². The summed E-state index contributed by atoms with van der Waals surface area (Å²) >= 11 is 0. The molecule has 0 amide bonds. The lowest BCUT2D eigenvalue weighted by molar-refractivity contribution is -0.158. The highest BCUT2D eigenvalue weighted by Crippen LogP contribution is 2.34. The van der Waals surface area contributed by atoms with Crippen molar-refractivity contribution in [2.24, 2.45) is 17.1 Å². The summed E-state index contributed by atoms with van der Waals surface area (Å²) in [5.74, 6) is -0.0549. The van der Waals surface area contributed by atoms with E-state index < -0.39 is 5.41 Å². The zero-order valence-corrected chi connectivity index (χ0v) is 10.7. The van der Waals surface area contributed by atoms with Gasteiger partial charge in [0.25, 0.3) is 0 Å². The van der Waals surface area contributed by atoms with Crippen LogP contribution in [0.2, 0.25) is 0 Å². The summed E-state index contributed by atoms with van der Waals surface area (Å²) in [4.78, 5) is 12.0. The van der Waals surface area contributed by atoms with Gasteiger partial charge in [0, 0.05) is 13.2 Å². The third kappa shape index (κ3) is 3.76. The van der Waals surface area contributed by atoms with Gasteiger partial charge in [-0.05, 0) is 32.1 Å². The number of hydrogen-bond donors (Lipinski definition) is 2. The topological polar surface area (TPSA) is 72.5 Å². The number of rotatable bonds is 8. The highest BCUT2D eigenvalue weighted by molar-refractivity contribution is 5.77. The minimum atomic E-state index is -0.592. The summed E-state index contributed by atoms with van der Waals surface area (Å²) in [5.41, 5.74) is 5.17. The molecule has 0 aliphatic rings. The first-order valence-corrected chi connectivity index (χ1v) is 6.03. The molecule has 0 rings (SSSR count). The minimum Gasteiger partial charge on any atom is -0.466 e. The van der Waals surface area contributed by atoms with E-state index in [0.29, 0.717) is 26.0 Å². The van der Waals surface area contributed by atoms with Gasteiger partial charge in [-0.2, -0.15) is 0 Å². The quantitative estimate of drug-likeness (QED) is 0.488. The summed E-state index contributed by atoms with van der Waals surface area (Å²) in [6, 6.07) is 0. The number of esters is 1. The average molecular weight is 231 g/mol. The Balaban J connectivity index is 4.64. The molecule has 0 saturated heterocycles. The molecule has 16 heavy (non-hydrogen) atoms. The molecule has 0 radical (unpaired) electrons. The first kappa shape index (κ1) is 15.4. The van der Waals surface area contributed by atoms with Crippen molar-refractivity contribution < 1.29 is 14.6 Å². The number of hydrogen-bond acceptors (Lipinski definition) is 4. The molecular weight excluding hydrogens is 206 g/mol. The molecule has 0 aliphatic heterocycles. The van der Waals surface area contributed by atoms with Gasteiger partial charge in [-0.1, -0.05) is 13.8 Å². The van der Waals surface area contributed by atoms with Gasteiger partial charge in [0.1, 0.15) is 0 Å². The molecule has 1 atom stereocenters. The molecule has 4 heteroatoms. The number of ether oxygens (including phenoxy) is 1. The molecule has 4 nitrogen and oxygen atoms in total. The highest BCUT2D eigenvalue weighted by atomic mass is 16.5. The molecule has 0 fully saturated rings. The van der Waals surface area contributed by atoms with Gasteiger partial charge >= 0.3 is 5.97 Å². The summed E-state index contributed by atoms with van der Waals surface area (Å²) < 4.78 is 5.11. The van der Waals surface area contributed by atoms with E-state index in [0.717, 1.165) is 6.42 Å². The van der Waals surface area contributed by atoms with Gasteiger partial charge in [-0.3, -0.25) is 4.79 Å². The monoisotopic (exact) mass is 231 g/mol. The summed E-state index contributed by atoms with van der Waals surface area (Å²) in [6.45, 7) is 6.61. The lowest BCUT2D eigenvalue weighted by atomic mass is 9.73. The van der Waals surface area contributed by atoms with Crippen molar-refractivity contribution in [2.45, 2.75) is 40.0 Å². The smallest absolute Gasteiger partial charge is 0.313 e. The van der Waals surface area contributed by atoms with Crippen LogP contribution in [0.3, 0.4) is 0 Å². The van der Waals surface area contributed by atoms with Gasteiger partial charge in [0.15, 0.2) is 0 Å². The van der Waals surface area contributed by atoms with Crippen molar-refractivity contribution in [3.63, 3.8) is 0 Å². The van der Waals surface area contributed by atoms with E-state index in [9.17, 15) is 4.79 Å². The summed E-state index contributed by atoms with van der Waals surface area (Å²) in [6.07, 6.45) is 2.18. The minimum absolute atomic E-state index is 0.148. The Morgan fingerprint density at radius 3 is 2.44 bits per heavy atom. The Hall–Kier alpha value is -0.610. The third-order valence-corrected chi connectivity index (χ3v) is 3.18. The fourth-order valence-electron chi connectivity index (χ4n) is 1.87. The Kier molecular flexibility index (Phi) is 7.34. The van der Waals surface area contributed by atoms with Crippen LogP contribution in [0.25, 0.3) is 0 Å². The summed E-state index contributed by atoms with van der Waals surface area (Å²) in [5, 5.41) is 8.77. The molecule has 0 bridgehead atoms. The van der Waals surface area contributed by atoms with E-state index in [1.165, 1.54) is 0 Å². The molecule has 0 aromatic heterocycles. The van der Waals surface area contributed by atoms with Crippen molar-refractivity contribution in [2.75, 3.05) is 19.8 Å². The van der Waals surface area contributed by atoms with Gasteiger partial charge in [0.05, 0.1) is 12.0 Å². The number of aliphatic hydroxyl groups excluding tert-OH is 1. The lowest BCUT2D eigenvalue weighted by Crippen LogP contribution is -2.44. The number of nitrogens with two attached hydrogens (primary N) is 1. The molecule has 0 aromatic carbocycles. The fraction of sp³-hybridized carbons (Fsp3) is 0.917. The highest BCUT2D eigenvalue weighted by Gasteiger charge is 2.40. The van der Waals surface area contributed by atoms with Crippen LogP contribution in [-0.2, 0) is 9.53 Å². The second-order valence-electron chi connectivity index (χ2n) is 4.42. The maximum Gasteiger partial charge on any atom is 0.313 e. The number of aliphatic hydroxyl groups is 1. The molecule has 1 unspecified atom stereocenters. The molecule has 0 spiro atoms. The predicted octanol–water partition coefficient (Wildman–Crippen LogP) is 1.31. The predicted molar refractivity (Wildman–Crippen MR) is 63.9 cm³/mol. The van der Waals surface area contributed by atoms with E-state index >= 15 is 0 Å². The number of unbranched alkanes of at least 4 members (excludes halogenated alkanes) is 1. The van der Waals surface area contributed by atoms with Crippen molar-refractivity contribution in [3.05, 3.63) is 0 Å². The van der Waals surface area contributed by atoms with E-state index in [4.69, 9.17) is 15.6 Å². The van der Waals surface area contributed by atoms with E-state index in [1.807, 2.05) is 13.8 Å². The zero-order valence-electron chi connectivity index (χ0n) is 10.7. The normalized spacial score (nSPS) is 14.9. The molecule has 3 N–H and O–H groups in total. The van der Waals surface area contributed by atoms with Crippen LogP contribution in [0.1, 0.15) is 40.0 Å². The van der Waals surface area contributed by atoms with Crippen LogP contribution in [0.4, 0.5) is 0 Å². The van der Waals surface area contributed by atoms with Crippen LogP contribution in [0, 0.1) is 11.3 Å². The van der Waals surface area contributed by atoms with Crippen molar-refractivity contribution in [1.29, 1.82) is 0 Å². The molecular formula is C12H25NO3. The van der Waals surface area contributed by atoms with Crippen molar-refractivity contribution >= 4 is 5.97 Å². The van der Waals surface area contributed by atoms with E-state index in [2.05, 4.69) is 0 Å². The number of carbonyl (C=O) groups excluding carboxylic acids is 1. The van der Waals surface area contributed by atoms with Gasteiger partial charge < -0.3 is 15.6 Å². The van der Waals surface area contributed by atoms with Crippen molar-refractivity contribution in [1.82, 2.24) is 0 Å². The largest absolute Gasteiger partial charge is 0.466 e. The molecule has 0 aromatic rings. The van der Waals surface area contributed by atoms with Crippen LogP contribution >= 0.6 is 0 Å². The number of carbonyl (C=O) groups is 1. The van der Waals surface area contributed by atoms with Crippen LogP contribution in [0.5, 0.6) is 0 Å². The third-order valence-electron chi connectivity index (χ3n) is 3.18. The van der Waals surface area contributed by atoms with Gasteiger partial charge in [-0.15, -0.1) is 0 Å². The second kappa shape index (κ2) is 7.63. The standard InChI is InChI=1S/C12H25NO3/c1-4-16-11(15)12(9-13,10(2)3)7-5-6-8-14/h10,14H,4-9,13H2,1-3H3. The fourth-order valence-corrected chi connectivity index (χ4v) is 1.87. The Morgan fingerprint density at radius 2 is 2.06 bits per heavy atom. The SMILES string of the molecule is CCOC(=O)C(CN)(CCCCO)C(C)C. The van der Waals surface area contributed by atoms with Crippen LogP contribution < -0.4 is 5.73 Å². The maximum atomic E-state index is 12.0. The molecule has 0 aliphatic carbocycles. The van der Waals surface area contributed by atoms with Crippen LogP contribution in [-0.4, -0.2) is 30.8 Å². The Morgan fingerprint density at radius 1 is 1.44 bits per heavy atom. The molecule has 0 saturated carbocycles. The zero-order chi connectivity index (χ0) is 12.6. The molecule has 96 valence electrons. The van der Waals surface area contributed by atoms with E-state index in [1.54, 1.807) is 6.92 Å². The molecule has 0 heterocycles. The van der Waals surface area contributed by atoms with E-state index in [-0.39, 0.29) is 18.5 Å². The first-order valence-electron chi connectivity index (χ1n) is 6.03. The van der Waals surface area contributed by atoms with Crippen molar-refractivity contribution in [3.8, 4) is 0 Å². The Labute approximate surface area is 98.2 Å². The maximum absolute atomic E-state index is 12.0. The summed E-state index contributed by atoms with van der Waals surface area (Å²) in [7, 11) is 0. The van der Waals surface area contributed by atoms with Gasteiger partial charge in [-0.25, -0.2) is 0 Å². The van der Waals surface area contributed by atoms with Crippen LogP contribution in [0.15, 0.2) is 0 Å². The first-order chi connectivity index (χ1) is 7.55. The Bertz CT molecular complexity index is 206. The second-order valence-corrected chi connectivity index (χ2v) is 4.42.